The molecular weight excluding hydrogens is 232 g/mol. The molecule has 91 valence electrons. The highest BCUT2D eigenvalue weighted by Crippen LogP contribution is 2.32. The maximum Gasteiger partial charge on any atom is 0.135 e. The smallest absolute Gasteiger partial charge is 0.135 e. The molecule has 19 heavy (non-hydrogen) atoms. The summed E-state index contributed by atoms with van der Waals surface area (Å²) in [6.07, 6.45) is 0. The van der Waals surface area contributed by atoms with Gasteiger partial charge >= 0.3 is 0 Å². The van der Waals surface area contributed by atoms with Gasteiger partial charge in [-0.25, -0.2) is 0 Å². The molecule has 0 saturated heterocycles. The minimum absolute atomic E-state index is 0.845. The van der Waals surface area contributed by atoms with E-state index in [0.717, 1.165) is 22.6 Å². The predicted molar refractivity (Wildman–Crippen MR) is 77.2 cm³/mol. The fourth-order valence-corrected chi connectivity index (χ4v) is 1.98. The van der Waals surface area contributed by atoms with Crippen LogP contribution in [0.1, 0.15) is 0 Å². The van der Waals surface area contributed by atoms with Gasteiger partial charge in [0, 0.05) is 5.56 Å². The molecule has 1 heteroatoms. The van der Waals surface area contributed by atoms with Crippen molar-refractivity contribution in [3.05, 3.63) is 84.9 Å². The Morgan fingerprint density at radius 2 is 1.37 bits per heavy atom. The molecule has 0 atom stereocenters. The van der Waals surface area contributed by atoms with Crippen molar-refractivity contribution in [3.8, 4) is 22.6 Å². The second-order valence-corrected chi connectivity index (χ2v) is 4.20. The van der Waals surface area contributed by atoms with E-state index in [4.69, 9.17) is 4.74 Å². The molecule has 3 aromatic carbocycles. The Kier molecular flexibility index (Phi) is 3.28. The molecule has 0 aliphatic heterocycles. The van der Waals surface area contributed by atoms with Crippen molar-refractivity contribution >= 4 is 0 Å². The predicted octanol–water partition coefficient (Wildman–Crippen LogP) is 4.95. The molecule has 0 spiro atoms. The van der Waals surface area contributed by atoms with E-state index in [1.807, 2.05) is 72.8 Å². The number of ether oxygens (including phenoxy) is 1. The summed E-state index contributed by atoms with van der Waals surface area (Å²) < 4.78 is 5.95. The van der Waals surface area contributed by atoms with Gasteiger partial charge in [0.25, 0.3) is 0 Å². The summed E-state index contributed by atoms with van der Waals surface area (Å²) in [5, 5.41) is 0. The van der Waals surface area contributed by atoms with Gasteiger partial charge in [-0.15, -0.1) is 0 Å². The Morgan fingerprint density at radius 1 is 0.684 bits per heavy atom. The van der Waals surface area contributed by atoms with Gasteiger partial charge in [0.2, 0.25) is 0 Å². The summed E-state index contributed by atoms with van der Waals surface area (Å²) >= 11 is 0. The lowest BCUT2D eigenvalue weighted by Gasteiger charge is -2.11. The van der Waals surface area contributed by atoms with Crippen molar-refractivity contribution in [3.63, 3.8) is 0 Å². The molecule has 0 aromatic heterocycles. The lowest BCUT2D eigenvalue weighted by molar-refractivity contribution is 0.484. The van der Waals surface area contributed by atoms with Gasteiger partial charge in [-0.2, -0.15) is 0 Å². The summed E-state index contributed by atoms with van der Waals surface area (Å²) in [6.45, 7) is 0. The minimum atomic E-state index is 0.845. The number of para-hydroxylation sites is 2. The minimum Gasteiger partial charge on any atom is -0.457 e. The highest BCUT2D eigenvalue weighted by atomic mass is 16.5. The number of hydrogen-bond donors (Lipinski definition) is 0. The van der Waals surface area contributed by atoms with Crippen LogP contribution in [0.15, 0.2) is 78.9 Å². The highest BCUT2D eigenvalue weighted by Gasteiger charge is 2.05. The van der Waals surface area contributed by atoms with E-state index >= 15 is 0 Å². The first-order valence-electron chi connectivity index (χ1n) is 6.22. The second kappa shape index (κ2) is 5.40. The van der Waals surface area contributed by atoms with Crippen LogP contribution in [0.4, 0.5) is 0 Å². The SMILES string of the molecule is [c]1ccc(-c2ccccc2Oc2ccccc2)cc1. The fraction of sp³-hybridized carbons (Fsp3) is 0. The van der Waals surface area contributed by atoms with Crippen LogP contribution in [0.3, 0.4) is 0 Å². The molecule has 3 aromatic rings. The van der Waals surface area contributed by atoms with E-state index in [2.05, 4.69) is 12.1 Å². The molecule has 0 saturated carbocycles. The zero-order valence-electron chi connectivity index (χ0n) is 10.4. The first-order valence-corrected chi connectivity index (χ1v) is 6.22. The molecule has 0 aliphatic carbocycles. The van der Waals surface area contributed by atoms with E-state index in [1.54, 1.807) is 0 Å². The topological polar surface area (TPSA) is 9.23 Å². The summed E-state index contributed by atoms with van der Waals surface area (Å²) in [6, 6.07) is 28.8. The van der Waals surface area contributed by atoms with E-state index < -0.39 is 0 Å². The van der Waals surface area contributed by atoms with Crippen LogP contribution >= 0.6 is 0 Å². The van der Waals surface area contributed by atoms with Crippen molar-refractivity contribution in [1.29, 1.82) is 0 Å². The number of benzene rings is 3. The zero-order chi connectivity index (χ0) is 12.9. The van der Waals surface area contributed by atoms with Gasteiger partial charge in [0.1, 0.15) is 11.5 Å². The Labute approximate surface area is 113 Å². The van der Waals surface area contributed by atoms with E-state index in [-0.39, 0.29) is 0 Å². The molecule has 0 amide bonds. The van der Waals surface area contributed by atoms with Crippen LogP contribution in [0.5, 0.6) is 11.5 Å². The van der Waals surface area contributed by atoms with Crippen LogP contribution in [0, 0.1) is 6.07 Å². The molecule has 1 radical (unpaired) electrons. The zero-order valence-corrected chi connectivity index (χ0v) is 10.4. The fourth-order valence-electron chi connectivity index (χ4n) is 1.98. The van der Waals surface area contributed by atoms with E-state index in [9.17, 15) is 0 Å². The summed E-state index contributed by atoms with van der Waals surface area (Å²) in [4.78, 5) is 0. The van der Waals surface area contributed by atoms with Crippen LogP contribution < -0.4 is 4.74 Å². The Balaban J connectivity index is 1.99. The first-order chi connectivity index (χ1) is 9.43. The average molecular weight is 245 g/mol. The molecule has 0 aliphatic rings. The molecule has 0 fully saturated rings. The molecule has 0 unspecified atom stereocenters. The molecule has 1 nitrogen and oxygen atoms in total. The van der Waals surface area contributed by atoms with Gasteiger partial charge in [0.05, 0.1) is 0 Å². The van der Waals surface area contributed by atoms with Crippen LogP contribution in [0.2, 0.25) is 0 Å². The number of hydrogen-bond acceptors (Lipinski definition) is 1. The maximum atomic E-state index is 5.95. The third-order valence-electron chi connectivity index (χ3n) is 2.89. The van der Waals surface area contributed by atoms with Gasteiger partial charge < -0.3 is 4.74 Å². The molecular formula is C18H13O. The standard InChI is InChI=1S/C18H13O/c1-3-9-15(10-4-1)17-13-7-8-14-18(17)19-16-11-5-2-6-12-16/h2-14H. The van der Waals surface area contributed by atoms with Gasteiger partial charge in [-0.3, -0.25) is 0 Å². The lowest BCUT2D eigenvalue weighted by atomic mass is 10.1. The Hall–Kier alpha value is -2.54. The molecule has 0 bridgehead atoms. The third kappa shape index (κ3) is 2.66. The maximum absolute atomic E-state index is 5.95. The van der Waals surface area contributed by atoms with E-state index in [1.165, 1.54) is 0 Å². The van der Waals surface area contributed by atoms with Crippen molar-refractivity contribution in [2.75, 3.05) is 0 Å². The number of rotatable bonds is 3. The van der Waals surface area contributed by atoms with Gasteiger partial charge in [-0.1, -0.05) is 60.7 Å². The van der Waals surface area contributed by atoms with Crippen LogP contribution in [-0.2, 0) is 0 Å². The Bertz CT molecular complexity index is 645. The second-order valence-electron chi connectivity index (χ2n) is 4.20. The molecule has 3 rings (SSSR count). The highest BCUT2D eigenvalue weighted by molar-refractivity contribution is 5.70. The monoisotopic (exact) mass is 245 g/mol. The van der Waals surface area contributed by atoms with E-state index in [0.29, 0.717) is 0 Å². The average Bonchev–Trinajstić information content (AvgIpc) is 2.50. The largest absolute Gasteiger partial charge is 0.457 e. The quantitative estimate of drug-likeness (QED) is 0.634. The first kappa shape index (κ1) is 11.5. The van der Waals surface area contributed by atoms with Crippen molar-refractivity contribution in [1.82, 2.24) is 0 Å². The summed E-state index contributed by atoms with van der Waals surface area (Å²) in [5.41, 5.74) is 2.21. The molecule has 0 N–H and O–H groups in total. The van der Waals surface area contributed by atoms with Crippen LogP contribution in [0.25, 0.3) is 11.1 Å². The van der Waals surface area contributed by atoms with Crippen molar-refractivity contribution < 1.29 is 4.74 Å². The van der Waals surface area contributed by atoms with Gasteiger partial charge in [-0.05, 0) is 29.8 Å². The van der Waals surface area contributed by atoms with Crippen molar-refractivity contribution in [2.45, 2.75) is 0 Å². The molecule has 0 heterocycles. The summed E-state index contributed by atoms with van der Waals surface area (Å²) in [5.74, 6) is 1.71. The summed E-state index contributed by atoms with van der Waals surface area (Å²) in [7, 11) is 0. The van der Waals surface area contributed by atoms with Gasteiger partial charge in [0.15, 0.2) is 0 Å². The Morgan fingerprint density at radius 3 is 2.16 bits per heavy atom. The van der Waals surface area contributed by atoms with Crippen LogP contribution in [-0.4, -0.2) is 0 Å². The van der Waals surface area contributed by atoms with Crippen molar-refractivity contribution in [2.24, 2.45) is 0 Å². The normalized spacial score (nSPS) is 10.1. The lowest BCUT2D eigenvalue weighted by Crippen LogP contribution is -1.87. The third-order valence-corrected chi connectivity index (χ3v) is 2.89.